The van der Waals surface area contributed by atoms with Gasteiger partial charge in [0.15, 0.2) is 0 Å². The van der Waals surface area contributed by atoms with E-state index < -0.39 is 0 Å². The first kappa shape index (κ1) is 13.9. The van der Waals surface area contributed by atoms with E-state index in [2.05, 4.69) is 27.7 Å². The van der Waals surface area contributed by atoms with Crippen molar-refractivity contribution in [2.24, 2.45) is 5.41 Å². The summed E-state index contributed by atoms with van der Waals surface area (Å²) in [6.45, 7) is 11.0. The summed E-state index contributed by atoms with van der Waals surface area (Å²) in [4.78, 5) is 0. The molecule has 0 fully saturated rings. The van der Waals surface area contributed by atoms with Gasteiger partial charge >= 0.3 is 0 Å². The zero-order valence-electron chi connectivity index (χ0n) is 10.3. The van der Waals surface area contributed by atoms with Crippen LogP contribution in [0.2, 0.25) is 0 Å². The predicted octanol–water partition coefficient (Wildman–Crippen LogP) is 3.60. The number of ether oxygens (including phenoxy) is 2. The third-order valence-corrected chi connectivity index (χ3v) is 1.98. The molecule has 0 aromatic carbocycles. The second kappa shape index (κ2) is 8.25. The molecule has 0 saturated heterocycles. The molecule has 0 bridgehead atoms. The van der Waals surface area contributed by atoms with Gasteiger partial charge in [-0.3, -0.25) is 0 Å². The van der Waals surface area contributed by atoms with Crippen LogP contribution in [0.3, 0.4) is 0 Å². The van der Waals surface area contributed by atoms with Crippen molar-refractivity contribution in [3.63, 3.8) is 0 Å². The van der Waals surface area contributed by atoms with Crippen LogP contribution < -0.4 is 0 Å². The second-order valence-corrected chi connectivity index (χ2v) is 4.95. The Bertz CT molecular complexity index is 116. The van der Waals surface area contributed by atoms with Crippen molar-refractivity contribution < 1.29 is 9.47 Å². The minimum atomic E-state index is 0.457. The molecule has 0 aromatic rings. The molecule has 0 heterocycles. The van der Waals surface area contributed by atoms with Gasteiger partial charge in [-0.1, -0.05) is 34.1 Å². The smallest absolute Gasteiger partial charge is 0.146 e. The molecule has 0 radical (unpaired) electrons. The first-order valence-corrected chi connectivity index (χ1v) is 5.72. The van der Waals surface area contributed by atoms with Crippen LogP contribution in [-0.2, 0) is 9.47 Å². The van der Waals surface area contributed by atoms with Gasteiger partial charge in [-0.25, -0.2) is 0 Å². The first-order valence-electron chi connectivity index (χ1n) is 5.72. The van der Waals surface area contributed by atoms with Crippen LogP contribution in [0.25, 0.3) is 0 Å². The van der Waals surface area contributed by atoms with E-state index in [0.717, 1.165) is 26.1 Å². The molecule has 0 aliphatic heterocycles. The van der Waals surface area contributed by atoms with Crippen LogP contribution in [0.4, 0.5) is 0 Å². The summed E-state index contributed by atoms with van der Waals surface area (Å²) in [5.74, 6) is 0. The van der Waals surface area contributed by atoms with Crippen LogP contribution in [-0.4, -0.2) is 20.0 Å². The lowest BCUT2D eigenvalue weighted by Crippen LogP contribution is -2.06. The molecular weight excluding hydrogens is 176 g/mol. The van der Waals surface area contributed by atoms with Gasteiger partial charge in [-0.15, -0.1) is 0 Å². The summed E-state index contributed by atoms with van der Waals surface area (Å²) in [5, 5.41) is 0. The monoisotopic (exact) mass is 202 g/mol. The Morgan fingerprint density at radius 3 is 2.14 bits per heavy atom. The Hall–Kier alpha value is -0.0800. The third kappa shape index (κ3) is 11.9. The molecule has 0 unspecified atom stereocenters. The van der Waals surface area contributed by atoms with E-state index in [4.69, 9.17) is 9.47 Å². The van der Waals surface area contributed by atoms with Gasteiger partial charge in [0.25, 0.3) is 0 Å². The Balaban J connectivity index is 2.99. The Labute approximate surface area is 89.0 Å². The molecule has 0 amide bonds. The molecule has 0 atom stereocenters. The zero-order chi connectivity index (χ0) is 10.9. The lowest BCUT2D eigenvalue weighted by molar-refractivity contribution is -0.0546. The number of hydrogen-bond acceptors (Lipinski definition) is 2. The predicted molar refractivity (Wildman–Crippen MR) is 60.4 cm³/mol. The van der Waals surface area contributed by atoms with Crippen molar-refractivity contribution in [3.8, 4) is 0 Å². The molecule has 0 N–H and O–H groups in total. The second-order valence-electron chi connectivity index (χ2n) is 4.95. The lowest BCUT2D eigenvalue weighted by Gasteiger charge is -2.17. The molecule has 14 heavy (non-hydrogen) atoms. The average Bonchev–Trinajstić information content (AvgIpc) is 2.08. The zero-order valence-corrected chi connectivity index (χ0v) is 10.3. The fourth-order valence-electron chi connectivity index (χ4n) is 1.18. The van der Waals surface area contributed by atoms with Gasteiger partial charge in [0.1, 0.15) is 6.79 Å². The highest BCUT2D eigenvalue weighted by Gasteiger charge is 2.08. The summed E-state index contributed by atoms with van der Waals surface area (Å²) in [7, 11) is 0. The Kier molecular flexibility index (Phi) is 8.20. The standard InChI is InChI=1S/C12H26O2/c1-5-9-13-11-14-10-7-6-8-12(2,3)4/h5-11H2,1-4H3. The van der Waals surface area contributed by atoms with Crippen LogP contribution in [0.5, 0.6) is 0 Å². The van der Waals surface area contributed by atoms with Crippen LogP contribution in [0, 0.1) is 5.41 Å². The maximum Gasteiger partial charge on any atom is 0.146 e. The van der Waals surface area contributed by atoms with Gasteiger partial charge in [-0.05, 0) is 24.7 Å². The fraction of sp³-hybridized carbons (Fsp3) is 1.00. The van der Waals surface area contributed by atoms with Crippen molar-refractivity contribution >= 4 is 0 Å². The number of unbranched alkanes of at least 4 members (excludes halogenated alkanes) is 1. The molecular formula is C12H26O2. The summed E-state index contributed by atoms with van der Waals surface area (Å²) in [6.07, 6.45) is 4.73. The normalized spacial score (nSPS) is 12.0. The van der Waals surface area contributed by atoms with E-state index in [0.29, 0.717) is 12.2 Å². The molecule has 0 saturated carbocycles. The minimum absolute atomic E-state index is 0.457. The van der Waals surface area contributed by atoms with Crippen LogP contribution in [0.15, 0.2) is 0 Å². The largest absolute Gasteiger partial charge is 0.355 e. The summed E-state index contributed by atoms with van der Waals surface area (Å²) < 4.78 is 10.5. The quantitative estimate of drug-likeness (QED) is 0.442. The summed E-state index contributed by atoms with van der Waals surface area (Å²) >= 11 is 0. The molecule has 0 aromatic heterocycles. The van der Waals surface area contributed by atoms with Crippen molar-refractivity contribution in [2.75, 3.05) is 20.0 Å². The van der Waals surface area contributed by atoms with E-state index in [1.807, 2.05) is 0 Å². The molecule has 0 spiro atoms. The van der Waals surface area contributed by atoms with E-state index in [1.165, 1.54) is 12.8 Å². The molecule has 0 aliphatic rings. The Morgan fingerprint density at radius 2 is 1.57 bits per heavy atom. The highest BCUT2D eigenvalue weighted by atomic mass is 16.7. The lowest BCUT2D eigenvalue weighted by atomic mass is 9.90. The van der Waals surface area contributed by atoms with E-state index in [1.54, 1.807) is 0 Å². The van der Waals surface area contributed by atoms with Crippen molar-refractivity contribution in [1.82, 2.24) is 0 Å². The third-order valence-electron chi connectivity index (χ3n) is 1.98. The first-order chi connectivity index (χ1) is 6.56. The molecule has 2 nitrogen and oxygen atoms in total. The molecule has 0 aliphatic carbocycles. The Morgan fingerprint density at radius 1 is 0.929 bits per heavy atom. The topological polar surface area (TPSA) is 18.5 Å². The van der Waals surface area contributed by atoms with Gasteiger partial charge in [0.2, 0.25) is 0 Å². The summed E-state index contributed by atoms with van der Waals surface area (Å²) in [6, 6.07) is 0. The average molecular weight is 202 g/mol. The van der Waals surface area contributed by atoms with Crippen LogP contribution >= 0.6 is 0 Å². The molecule has 0 rings (SSSR count). The van der Waals surface area contributed by atoms with E-state index in [9.17, 15) is 0 Å². The van der Waals surface area contributed by atoms with E-state index >= 15 is 0 Å². The highest BCUT2D eigenvalue weighted by molar-refractivity contribution is 4.60. The van der Waals surface area contributed by atoms with Gasteiger partial charge < -0.3 is 9.47 Å². The molecule has 2 heteroatoms. The van der Waals surface area contributed by atoms with Crippen molar-refractivity contribution in [1.29, 1.82) is 0 Å². The van der Waals surface area contributed by atoms with Crippen molar-refractivity contribution in [3.05, 3.63) is 0 Å². The van der Waals surface area contributed by atoms with Crippen LogP contribution in [0.1, 0.15) is 53.4 Å². The minimum Gasteiger partial charge on any atom is -0.355 e. The highest BCUT2D eigenvalue weighted by Crippen LogP contribution is 2.21. The van der Waals surface area contributed by atoms with Gasteiger partial charge in [0.05, 0.1) is 0 Å². The fourth-order valence-corrected chi connectivity index (χ4v) is 1.18. The molecule has 86 valence electrons. The summed E-state index contributed by atoms with van der Waals surface area (Å²) in [5.41, 5.74) is 0.457. The number of rotatable bonds is 8. The van der Waals surface area contributed by atoms with Crippen molar-refractivity contribution in [2.45, 2.75) is 53.4 Å². The maximum atomic E-state index is 5.33. The van der Waals surface area contributed by atoms with Gasteiger partial charge in [-0.2, -0.15) is 0 Å². The van der Waals surface area contributed by atoms with Gasteiger partial charge in [0, 0.05) is 13.2 Å². The SMILES string of the molecule is CCCOCOCCCCC(C)(C)C. The van der Waals surface area contributed by atoms with E-state index in [-0.39, 0.29) is 0 Å². The number of hydrogen-bond donors (Lipinski definition) is 0. The maximum absolute atomic E-state index is 5.33.